The van der Waals surface area contributed by atoms with Gasteiger partial charge < -0.3 is 9.47 Å². The van der Waals surface area contributed by atoms with Crippen molar-refractivity contribution < 1.29 is 9.47 Å². The van der Waals surface area contributed by atoms with Gasteiger partial charge in [0, 0.05) is 16.8 Å². The van der Waals surface area contributed by atoms with Gasteiger partial charge in [0.15, 0.2) is 0 Å². The third kappa shape index (κ3) is 3.22. The van der Waals surface area contributed by atoms with Crippen molar-refractivity contribution in [2.45, 2.75) is 18.9 Å². The number of rotatable bonds is 3. The van der Waals surface area contributed by atoms with Crippen LogP contribution in [-0.2, 0) is 4.74 Å². The zero-order valence-electron chi connectivity index (χ0n) is 12.9. The van der Waals surface area contributed by atoms with E-state index in [9.17, 15) is 0 Å². The molecule has 1 aliphatic heterocycles. The molecule has 0 saturated carbocycles. The molecule has 1 heterocycles. The molecule has 1 saturated heterocycles. The van der Waals surface area contributed by atoms with Crippen LogP contribution in [0.25, 0.3) is 5.57 Å². The molecule has 2 nitrogen and oxygen atoms in total. The summed E-state index contributed by atoms with van der Waals surface area (Å²) in [5.74, 6) is 1.45. The molecule has 2 aromatic rings. The molecule has 0 amide bonds. The summed E-state index contributed by atoms with van der Waals surface area (Å²) in [6.07, 6.45) is 2.21. The van der Waals surface area contributed by atoms with Gasteiger partial charge in [-0.05, 0) is 47.4 Å². The second-order valence-electron chi connectivity index (χ2n) is 6.22. The van der Waals surface area contributed by atoms with Crippen molar-refractivity contribution in [1.82, 2.24) is 0 Å². The molecule has 2 atom stereocenters. The van der Waals surface area contributed by atoms with Gasteiger partial charge in [0.2, 0.25) is 0 Å². The number of benzene rings is 2. The van der Waals surface area contributed by atoms with Crippen molar-refractivity contribution in [3.8, 4) is 5.75 Å². The van der Waals surface area contributed by atoms with Gasteiger partial charge in [-0.1, -0.05) is 46.3 Å². The monoisotopic (exact) mass is 370 g/mol. The second-order valence-corrected chi connectivity index (χ2v) is 7.13. The first-order valence-electron chi connectivity index (χ1n) is 8.07. The van der Waals surface area contributed by atoms with Crippen molar-refractivity contribution in [3.05, 3.63) is 70.2 Å². The van der Waals surface area contributed by atoms with Crippen molar-refractivity contribution in [3.63, 3.8) is 0 Å². The lowest BCUT2D eigenvalue weighted by atomic mass is 9.80. The molecule has 118 valence electrons. The predicted octanol–water partition coefficient (Wildman–Crippen LogP) is 5.09. The fourth-order valence-corrected chi connectivity index (χ4v) is 3.83. The Morgan fingerprint density at radius 1 is 1.00 bits per heavy atom. The van der Waals surface area contributed by atoms with Crippen LogP contribution in [-0.4, -0.2) is 19.3 Å². The fourth-order valence-electron chi connectivity index (χ4n) is 3.57. The SMILES string of the molecule is Brc1ccc(C2=C3COCC3CC(Oc3ccccc3)C2)cc1. The zero-order chi connectivity index (χ0) is 15.6. The first kappa shape index (κ1) is 15.0. The Morgan fingerprint density at radius 3 is 2.57 bits per heavy atom. The van der Waals surface area contributed by atoms with Crippen molar-refractivity contribution in [1.29, 1.82) is 0 Å². The lowest BCUT2D eigenvalue weighted by Gasteiger charge is -2.30. The third-order valence-electron chi connectivity index (χ3n) is 4.67. The van der Waals surface area contributed by atoms with E-state index in [2.05, 4.69) is 40.2 Å². The maximum atomic E-state index is 6.24. The van der Waals surface area contributed by atoms with Crippen molar-refractivity contribution in [2.75, 3.05) is 13.2 Å². The lowest BCUT2D eigenvalue weighted by Crippen LogP contribution is -2.27. The smallest absolute Gasteiger partial charge is 0.119 e. The molecule has 4 rings (SSSR count). The van der Waals surface area contributed by atoms with Gasteiger partial charge in [0.1, 0.15) is 11.9 Å². The summed E-state index contributed by atoms with van der Waals surface area (Å²) < 4.78 is 13.1. The van der Waals surface area contributed by atoms with Crippen LogP contribution in [0.2, 0.25) is 0 Å². The summed E-state index contributed by atoms with van der Waals surface area (Å²) >= 11 is 3.52. The number of hydrogen-bond donors (Lipinski definition) is 0. The summed E-state index contributed by atoms with van der Waals surface area (Å²) in [5, 5.41) is 0. The lowest BCUT2D eigenvalue weighted by molar-refractivity contribution is 0.147. The quantitative estimate of drug-likeness (QED) is 0.748. The third-order valence-corrected chi connectivity index (χ3v) is 5.20. The van der Waals surface area contributed by atoms with Crippen molar-refractivity contribution in [2.24, 2.45) is 5.92 Å². The highest BCUT2D eigenvalue weighted by Gasteiger charge is 2.34. The molecule has 0 radical (unpaired) electrons. The van der Waals surface area contributed by atoms with Crippen LogP contribution in [0.4, 0.5) is 0 Å². The van der Waals surface area contributed by atoms with E-state index in [-0.39, 0.29) is 6.10 Å². The van der Waals surface area contributed by atoms with Crippen LogP contribution in [0.5, 0.6) is 5.75 Å². The molecule has 2 unspecified atom stereocenters. The second kappa shape index (κ2) is 6.50. The maximum Gasteiger partial charge on any atom is 0.119 e. The highest BCUT2D eigenvalue weighted by molar-refractivity contribution is 9.10. The predicted molar refractivity (Wildman–Crippen MR) is 95.5 cm³/mol. The Kier molecular flexibility index (Phi) is 4.23. The van der Waals surface area contributed by atoms with E-state index < -0.39 is 0 Å². The summed E-state index contributed by atoms with van der Waals surface area (Å²) in [7, 11) is 0. The van der Waals surface area contributed by atoms with Gasteiger partial charge in [0.05, 0.1) is 13.2 Å². The fraction of sp³-hybridized carbons (Fsp3) is 0.300. The molecule has 3 heteroatoms. The topological polar surface area (TPSA) is 18.5 Å². The molecule has 1 aliphatic carbocycles. The molecule has 1 fully saturated rings. The largest absolute Gasteiger partial charge is 0.490 e. The summed E-state index contributed by atoms with van der Waals surface area (Å²) in [6.45, 7) is 1.60. The summed E-state index contributed by atoms with van der Waals surface area (Å²) in [5.41, 5.74) is 4.17. The van der Waals surface area contributed by atoms with E-state index >= 15 is 0 Å². The Balaban J connectivity index is 1.62. The van der Waals surface area contributed by atoms with Gasteiger partial charge in [-0.25, -0.2) is 0 Å². The van der Waals surface area contributed by atoms with Gasteiger partial charge >= 0.3 is 0 Å². The average molecular weight is 371 g/mol. The van der Waals surface area contributed by atoms with Gasteiger partial charge in [-0.15, -0.1) is 0 Å². The van der Waals surface area contributed by atoms with Crippen LogP contribution < -0.4 is 4.74 Å². The van der Waals surface area contributed by atoms with E-state index in [1.807, 2.05) is 30.3 Å². The van der Waals surface area contributed by atoms with Crippen LogP contribution in [0.3, 0.4) is 0 Å². The minimum absolute atomic E-state index is 0.214. The average Bonchev–Trinajstić information content (AvgIpc) is 3.04. The minimum Gasteiger partial charge on any atom is -0.490 e. The maximum absolute atomic E-state index is 6.24. The van der Waals surface area contributed by atoms with Crippen molar-refractivity contribution >= 4 is 21.5 Å². The zero-order valence-corrected chi connectivity index (χ0v) is 14.5. The van der Waals surface area contributed by atoms with E-state index in [4.69, 9.17) is 9.47 Å². The molecule has 0 N–H and O–H groups in total. The molecule has 0 aromatic heterocycles. The molecule has 23 heavy (non-hydrogen) atoms. The summed E-state index contributed by atoms with van der Waals surface area (Å²) in [4.78, 5) is 0. The molecular formula is C20H19BrO2. The van der Waals surface area contributed by atoms with E-state index in [0.717, 1.165) is 36.3 Å². The number of fused-ring (bicyclic) bond motifs is 1. The van der Waals surface area contributed by atoms with Crippen LogP contribution >= 0.6 is 15.9 Å². The molecular weight excluding hydrogens is 352 g/mol. The highest BCUT2D eigenvalue weighted by atomic mass is 79.9. The number of hydrogen-bond acceptors (Lipinski definition) is 2. The number of halogens is 1. The van der Waals surface area contributed by atoms with Crippen LogP contribution in [0.15, 0.2) is 64.6 Å². The Bertz CT molecular complexity index is 706. The van der Waals surface area contributed by atoms with E-state index in [1.54, 1.807) is 0 Å². The normalized spacial score (nSPS) is 23.7. The first-order chi connectivity index (χ1) is 11.3. The van der Waals surface area contributed by atoms with E-state index in [1.165, 1.54) is 16.7 Å². The first-order valence-corrected chi connectivity index (χ1v) is 8.86. The Hall–Kier alpha value is -1.58. The van der Waals surface area contributed by atoms with Gasteiger partial charge in [-0.3, -0.25) is 0 Å². The molecule has 2 aliphatic rings. The van der Waals surface area contributed by atoms with E-state index in [0.29, 0.717) is 5.92 Å². The standard InChI is InChI=1S/C20H19BrO2/c21-16-8-6-14(7-9-16)19-11-18(10-15-12-22-13-20(15)19)23-17-4-2-1-3-5-17/h1-9,15,18H,10-13H2. The Morgan fingerprint density at radius 2 is 1.78 bits per heavy atom. The molecule has 0 bridgehead atoms. The number of ether oxygens (including phenoxy) is 2. The molecule has 0 spiro atoms. The van der Waals surface area contributed by atoms with Crippen LogP contribution in [0, 0.1) is 5.92 Å². The minimum atomic E-state index is 0.214. The Labute approximate surface area is 145 Å². The number of para-hydroxylation sites is 1. The van der Waals surface area contributed by atoms with Crippen LogP contribution in [0.1, 0.15) is 18.4 Å². The molecule has 2 aromatic carbocycles. The van der Waals surface area contributed by atoms with Gasteiger partial charge in [0.25, 0.3) is 0 Å². The van der Waals surface area contributed by atoms with Gasteiger partial charge in [-0.2, -0.15) is 0 Å². The highest BCUT2D eigenvalue weighted by Crippen LogP contribution is 2.41. The summed E-state index contributed by atoms with van der Waals surface area (Å²) in [6, 6.07) is 18.7.